The minimum Gasteiger partial charge on any atom is -0.325 e. The van der Waals surface area contributed by atoms with Gasteiger partial charge in [-0.1, -0.05) is 41.7 Å². The minimum atomic E-state index is -0.352. The van der Waals surface area contributed by atoms with Gasteiger partial charge >= 0.3 is 4.87 Å². The first kappa shape index (κ1) is 20.2. The zero-order chi connectivity index (χ0) is 21.8. The summed E-state index contributed by atoms with van der Waals surface area (Å²) >= 11 is 3.13. The second kappa shape index (κ2) is 7.89. The van der Waals surface area contributed by atoms with Gasteiger partial charge < -0.3 is 5.32 Å². The Hall–Kier alpha value is -2.38. The number of anilines is 1. The van der Waals surface area contributed by atoms with Gasteiger partial charge in [-0.25, -0.2) is 4.39 Å². The van der Waals surface area contributed by atoms with Crippen LogP contribution in [0.5, 0.6) is 0 Å². The van der Waals surface area contributed by atoms with Crippen molar-refractivity contribution in [3.8, 4) is 0 Å². The molecule has 4 nitrogen and oxygen atoms in total. The number of carbonyl (C=O) groups is 1. The fraction of sp³-hybridized carbons (Fsp3) is 0.360. The Balaban J connectivity index is 1.35. The number of halogens is 1. The molecule has 1 aliphatic heterocycles. The van der Waals surface area contributed by atoms with Gasteiger partial charge in [-0.3, -0.25) is 14.2 Å². The number of amides is 1. The van der Waals surface area contributed by atoms with E-state index >= 15 is 0 Å². The van der Waals surface area contributed by atoms with Gasteiger partial charge in [0.05, 0.1) is 5.03 Å². The van der Waals surface area contributed by atoms with Gasteiger partial charge in [-0.15, -0.1) is 11.8 Å². The van der Waals surface area contributed by atoms with Gasteiger partial charge in [0.25, 0.3) is 0 Å². The van der Waals surface area contributed by atoms with E-state index < -0.39 is 0 Å². The Morgan fingerprint density at radius 1 is 1.06 bits per heavy atom. The van der Waals surface area contributed by atoms with E-state index in [1.165, 1.54) is 60.4 Å². The number of thioether (sulfide) groups is 1. The Morgan fingerprint density at radius 2 is 1.81 bits per heavy atom. The molecule has 32 heavy (non-hydrogen) atoms. The predicted molar refractivity (Wildman–Crippen MR) is 126 cm³/mol. The second-order valence-electron chi connectivity index (χ2n) is 9.06. The first-order valence-electron chi connectivity index (χ1n) is 11.1. The zero-order valence-corrected chi connectivity index (χ0v) is 19.0. The molecular weight excluding hydrogens is 443 g/mol. The van der Waals surface area contributed by atoms with E-state index in [9.17, 15) is 14.0 Å². The Labute approximate surface area is 193 Å². The third-order valence-electron chi connectivity index (χ3n) is 7.28. The molecule has 1 N–H and O–H groups in total. The first-order valence-corrected chi connectivity index (χ1v) is 12.8. The molecule has 1 amide bonds. The summed E-state index contributed by atoms with van der Waals surface area (Å²) in [5.41, 5.74) is 1.80. The van der Waals surface area contributed by atoms with Gasteiger partial charge in [-0.2, -0.15) is 0 Å². The van der Waals surface area contributed by atoms with Crippen LogP contribution in [0.3, 0.4) is 0 Å². The molecule has 2 aromatic carbocycles. The van der Waals surface area contributed by atoms with Crippen molar-refractivity contribution in [3.63, 3.8) is 0 Å². The van der Waals surface area contributed by atoms with Crippen molar-refractivity contribution >= 4 is 34.7 Å². The van der Waals surface area contributed by atoms with Gasteiger partial charge in [-0.05, 0) is 66.8 Å². The summed E-state index contributed by atoms with van der Waals surface area (Å²) in [5, 5.41) is 4.26. The summed E-state index contributed by atoms with van der Waals surface area (Å²) in [4.78, 5) is 26.8. The molecule has 0 spiro atoms. The Bertz CT molecular complexity index is 1220. The van der Waals surface area contributed by atoms with Gasteiger partial charge in [0.15, 0.2) is 0 Å². The number of fused-ring (bicyclic) bond motifs is 6. The fourth-order valence-corrected chi connectivity index (χ4v) is 9.15. The van der Waals surface area contributed by atoms with E-state index in [-0.39, 0.29) is 29.1 Å². The van der Waals surface area contributed by atoms with Crippen LogP contribution in [0, 0.1) is 23.6 Å². The van der Waals surface area contributed by atoms with Crippen LogP contribution >= 0.6 is 23.1 Å². The zero-order valence-electron chi connectivity index (χ0n) is 17.4. The molecule has 0 saturated heterocycles. The highest BCUT2D eigenvalue weighted by Crippen LogP contribution is 2.63. The number of thiazole rings is 1. The number of carbonyl (C=O) groups excluding carboxylic acids is 1. The number of hydrogen-bond donors (Lipinski definition) is 1. The number of hydrogen-bond acceptors (Lipinski definition) is 4. The standard InChI is InChI=1S/C25H23FN2O2S2/c26-17-8-10-18(11-9-17)27-19(29)13-28-24-23(32-25(28)30)20(14-4-2-1-3-5-14)21-15-6-7-16(12-15)22(21)31-24/h1-5,8-11,15-16,20-22H,6-7,12-13H2,(H,27,29)/t15?,16?,20-,21?,22?/m0/s1. The lowest BCUT2D eigenvalue weighted by Crippen LogP contribution is -2.34. The number of nitrogens with one attached hydrogen (secondary N) is 1. The van der Waals surface area contributed by atoms with Crippen molar-refractivity contribution in [2.45, 2.75) is 42.0 Å². The van der Waals surface area contributed by atoms with Crippen molar-refractivity contribution in [3.05, 3.63) is 80.5 Å². The SMILES string of the molecule is O=C(Cn1c2c(sc1=O)[C@@H](c1ccccc1)C1C3CCC(C3)C1S2)Nc1ccc(F)cc1. The van der Waals surface area contributed by atoms with Crippen LogP contribution in [0.1, 0.15) is 35.6 Å². The largest absolute Gasteiger partial charge is 0.325 e. The monoisotopic (exact) mass is 466 g/mol. The smallest absolute Gasteiger partial charge is 0.308 e. The molecule has 5 atom stereocenters. The van der Waals surface area contributed by atoms with Crippen LogP contribution in [0.4, 0.5) is 10.1 Å². The molecule has 2 saturated carbocycles. The molecule has 2 bridgehead atoms. The third-order valence-corrected chi connectivity index (χ3v) is 10.1. The molecule has 164 valence electrons. The van der Waals surface area contributed by atoms with Crippen molar-refractivity contribution < 1.29 is 9.18 Å². The van der Waals surface area contributed by atoms with Crippen LogP contribution in [-0.4, -0.2) is 15.7 Å². The van der Waals surface area contributed by atoms with Crippen LogP contribution < -0.4 is 10.2 Å². The van der Waals surface area contributed by atoms with Crippen molar-refractivity contribution in [1.29, 1.82) is 0 Å². The average Bonchev–Trinajstić information content (AvgIpc) is 3.49. The lowest BCUT2D eigenvalue weighted by Gasteiger charge is -2.40. The van der Waals surface area contributed by atoms with Crippen molar-refractivity contribution in [1.82, 2.24) is 4.57 Å². The second-order valence-corrected chi connectivity index (χ2v) is 11.2. The van der Waals surface area contributed by atoms with Crippen LogP contribution in [0.15, 0.2) is 64.4 Å². The van der Waals surface area contributed by atoms with E-state index in [0.29, 0.717) is 22.8 Å². The van der Waals surface area contributed by atoms with Crippen molar-refractivity contribution in [2.24, 2.45) is 17.8 Å². The molecule has 2 fully saturated rings. The predicted octanol–water partition coefficient (Wildman–Crippen LogP) is 5.34. The molecule has 2 heterocycles. The minimum absolute atomic E-state index is 0.0258. The number of rotatable bonds is 4. The molecular formula is C25H23FN2O2S2. The summed E-state index contributed by atoms with van der Waals surface area (Å²) in [6.45, 7) is -0.0258. The maximum Gasteiger partial charge on any atom is 0.308 e. The summed E-state index contributed by atoms with van der Waals surface area (Å²) in [6.07, 6.45) is 3.85. The van der Waals surface area contributed by atoms with E-state index in [2.05, 4.69) is 29.6 Å². The van der Waals surface area contributed by atoms with Crippen LogP contribution in [0.25, 0.3) is 0 Å². The van der Waals surface area contributed by atoms with Gasteiger partial charge in [0, 0.05) is 21.7 Å². The van der Waals surface area contributed by atoms with E-state index in [4.69, 9.17) is 0 Å². The molecule has 3 aromatic rings. The quantitative estimate of drug-likeness (QED) is 0.565. The van der Waals surface area contributed by atoms with Gasteiger partial charge in [0.1, 0.15) is 12.4 Å². The normalized spacial score (nSPS) is 27.7. The Morgan fingerprint density at radius 3 is 2.59 bits per heavy atom. The van der Waals surface area contributed by atoms with E-state index in [0.717, 1.165) is 15.8 Å². The highest BCUT2D eigenvalue weighted by Gasteiger charge is 2.55. The Kier molecular flexibility index (Phi) is 4.99. The summed E-state index contributed by atoms with van der Waals surface area (Å²) in [6, 6.07) is 16.2. The number of aromatic nitrogens is 1. The summed E-state index contributed by atoms with van der Waals surface area (Å²) < 4.78 is 14.8. The molecule has 1 aromatic heterocycles. The highest BCUT2D eigenvalue weighted by atomic mass is 32.2. The molecule has 4 unspecified atom stereocenters. The topological polar surface area (TPSA) is 51.1 Å². The number of nitrogens with zero attached hydrogens (tertiary/aromatic N) is 1. The molecule has 0 radical (unpaired) electrons. The van der Waals surface area contributed by atoms with Crippen LogP contribution in [0.2, 0.25) is 0 Å². The molecule has 3 aliphatic rings. The van der Waals surface area contributed by atoms with E-state index in [1.54, 1.807) is 4.57 Å². The average molecular weight is 467 g/mol. The number of benzene rings is 2. The fourth-order valence-electron chi connectivity index (χ4n) is 6.00. The van der Waals surface area contributed by atoms with Crippen molar-refractivity contribution in [2.75, 3.05) is 5.32 Å². The van der Waals surface area contributed by atoms with E-state index in [1.807, 2.05) is 17.8 Å². The lowest BCUT2D eigenvalue weighted by atomic mass is 9.75. The molecule has 2 aliphatic carbocycles. The highest BCUT2D eigenvalue weighted by molar-refractivity contribution is 8.00. The van der Waals surface area contributed by atoms with Gasteiger partial charge in [0.2, 0.25) is 5.91 Å². The summed E-state index contributed by atoms with van der Waals surface area (Å²) in [5.74, 6) is 1.59. The summed E-state index contributed by atoms with van der Waals surface area (Å²) in [7, 11) is 0. The molecule has 6 rings (SSSR count). The lowest BCUT2D eigenvalue weighted by molar-refractivity contribution is -0.116. The third kappa shape index (κ3) is 3.33. The molecule has 7 heteroatoms. The maximum absolute atomic E-state index is 13.2. The maximum atomic E-state index is 13.2. The first-order chi connectivity index (χ1) is 15.6. The van der Waals surface area contributed by atoms with Crippen LogP contribution in [-0.2, 0) is 11.3 Å².